The summed E-state index contributed by atoms with van der Waals surface area (Å²) in [6, 6.07) is 3.38. The van der Waals surface area contributed by atoms with E-state index in [9.17, 15) is 19.7 Å². The molecule has 3 fully saturated rings. The molecule has 2 N–H and O–H groups in total. The van der Waals surface area contributed by atoms with Gasteiger partial charge in [0, 0.05) is 43.5 Å². The number of piperidine rings is 2. The molecule has 3 saturated heterocycles. The number of amides is 2. The molecule has 176 valence electrons. The van der Waals surface area contributed by atoms with Crippen LogP contribution in [0.5, 0.6) is 0 Å². The SMILES string of the molecule is CC1CCN(c2cc(N3CCC(C)CC3)c([N+](=O)[O-])cc2C=C2C(=O)NC(=S)NC2=O)CC1. The van der Waals surface area contributed by atoms with Gasteiger partial charge in [-0.05, 0) is 61.9 Å². The lowest BCUT2D eigenvalue weighted by molar-refractivity contribution is -0.384. The summed E-state index contributed by atoms with van der Waals surface area (Å²) in [6.07, 6.45) is 5.44. The minimum absolute atomic E-state index is 0.0160. The highest BCUT2D eigenvalue weighted by molar-refractivity contribution is 7.80. The van der Waals surface area contributed by atoms with Gasteiger partial charge in [-0.25, -0.2) is 0 Å². The molecule has 2 amide bonds. The molecule has 0 atom stereocenters. The molecule has 0 unspecified atom stereocenters. The van der Waals surface area contributed by atoms with Crippen molar-refractivity contribution in [1.29, 1.82) is 0 Å². The van der Waals surface area contributed by atoms with E-state index >= 15 is 0 Å². The molecule has 3 aliphatic rings. The Balaban J connectivity index is 1.82. The Bertz CT molecular complexity index is 1000. The van der Waals surface area contributed by atoms with Crippen LogP contribution in [0, 0.1) is 22.0 Å². The summed E-state index contributed by atoms with van der Waals surface area (Å²) in [7, 11) is 0. The van der Waals surface area contributed by atoms with E-state index in [2.05, 4.69) is 34.3 Å². The molecule has 3 aliphatic heterocycles. The van der Waals surface area contributed by atoms with Crippen molar-refractivity contribution in [2.45, 2.75) is 39.5 Å². The average Bonchev–Trinajstić information content (AvgIpc) is 2.77. The molecular formula is C23H29N5O4S. The Hall–Kier alpha value is -3.01. The van der Waals surface area contributed by atoms with Gasteiger partial charge in [0.05, 0.1) is 4.92 Å². The first-order valence-corrected chi connectivity index (χ1v) is 11.8. The van der Waals surface area contributed by atoms with Crippen LogP contribution in [-0.2, 0) is 9.59 Å². The zero-order valence-corrected chi connectivity index (χ0v) is 19.7. The number of hydrogen-bond acceptors (Lipinski definition) is 7. The number of anilines is 2. The average molecular weight is 472 g/mol. The van der Waals surface area contributed by atoms with Crippen LogP contribution in [0.2, 0.25) is 0 Å². The zero-order valence-electron chi connectivity index (χ0n) is 18.9. The molecule has 0 radical (unpaired) electrons. The first kappa shape index (κ1) is 23.2. The van der Waals surface area contributed by atoms with Crippen molar-refractivity contribution in [3.05, 3.63) is 33.4 Å². The van der Waals surface area contributed by atoms with Gasteiger partial charge in [-0.2, -0.15) is 0 Å². The molecular weight excluding hydrogens is 442 g/mol. The standard InChI is InChI=1S/C23H29N5O4S/c1-14-3-7-26(8-4-14)18-13-19(27-9-5-15(2)6-10-27)20(28(31)32)12-16(18)11-17-21(29)24-23(33)25-22(17)30/h11-15H,3-10H2,1-2H3,(H2,24,25,29,30,33). The number of nitro groups is 1. The van der Waals surface area contributed by atoms with Crippen LogP contribution in [0.3, 0.4) is 0 Å². The van der Waals surface area contributed by atoms with Crippen LogP contribution in [0.4, 0.5) is 17.1 Å². The number of carbonyl (C=O) groups excluding carboxylic acids is 2. The van der Waals surface area contributed by atoms with Crippen molar-refractivity contribution < 1.29 is 14.5 Å². The van der Waals surface area contributed by atoms with Crippen molar-refractivity contribution in [2.24, 2.45) is 11.8 Å². The fourth-order valence-electron chi connectivity index (χ4n) is 4.63. The van der Waals surface area contributed by atoms with Gasteiger partial charge in [0.15, 0.2) is 5.11 Å². The van der Waals surface area contributed by atoms with Gasteiger partial charge in [0.1, 0.15) is 11.3 Å². The lowest BCUT2D eigenvalue weighted by Crippen LogP contribution is -2.51. The number of thiocarbonyl (C=S) groups is 1. The van der Waals surface area contributed by atoms with E-state index in [0.29, 0.717) is 23.1 Å². The summed E-state index contributed by atoms with van der Waals surface area (Å²) >= 11 is 4.88. The van der Waals surface area contributed by atoms with Crippen LogP contribution >= 0.6 is 12.2 Å². The minimum Gasteiger partial charge on any atom is -0.371 e. The second-order valence-corrected chi connectivity index (χ2v) is 9.70. The third kappa shape index (κ3) is 5.00. The number of carbonyl (C=O) groups is 2. The number of benzene rings is 1. The van der Waals surface area contributed by atoms with Gasteiger partial charge in [-0.1, -0.05) is 13.8 Å². The van der Waals surface area contributed by atoms with Crippen molar-refractivity contribution in [2.75, 3.05) is 36.0 Å². The molecule has 1 aromatic carbocycles. The lowest BCUT2D eigenvalue weighted by Gasteiger charge is -2.36. The summed E-state index contributed by atoms with van der Waals surface area (Å²) in [5.74, 6) is -0.0146. The number of nitrogens with one attached hydrogen (secondary N) is 2. The molecule has 0 saturated carbocycles. The van der Waals surface area contributed by atoms with Crippen LogP contribution < -0.4 is 20.4 Å². The first-order valence-electron chi connectivity index (χ1n) is 11.4. The fraction of sp³-hybridized carbons (Fsp3) is 0.522. The predicted molar refractivity (Wildman–Crippen MR) is 131 cm³/mol. The second-order valence-electron chi connectivity index (χ2n) is 9.29. The second kappa shape index (κ2) is 9.46. The molecule has 0 aromatic heterocycles. The number of nitrogens with zero attached hydrogens (tertiary/aromatic N) is 3. The van der Waals surface area contributed by atoms with Crippen molar-refractivity contribution >= 4 is 52.3 Å². The molecule has 0 bridgehead atoms. The number of hydrogen-bond donors (Lipinski definition) is 2. The maximum atomic E-state index is 12.4. The van der Waals surface area contributed by atoms with Crippen LogP contribution in [-0.4, -0.2) is 48.0 Å². The van der Waals surface area contributed by atoms with E-state index in [1.165, 1.54) is 12.1 Å². The van der Waals surface area contributed by atoms with E-state index in [0.717, 1.165) is 57.5 Å². The maximum absolute atomic E-state index is 12.4. The Morgan fingerprint density at radius 2 is 1.42 bits per heavy atom. The maximum Gasteiger partial charge on any atom is 0.293 e. The van der Waals surface area contributed by atoms with Crippen molar-refractivity contribution in [3.63, 3.8) is 0 Å². The van der Waals surface area contributed by atoms with E-state index in [4.69, 9.17) is 12.2 Å². The normalized spacial score (nSPS) is 20.5. The van der Waals surface area contributed by atoms with Gasteiger partial charge in [0.2, 0.25) is 0 Å². The van der Waals surface area contributed by atoms with Gasteiger partial charge >= 0.3 is 0 Å². The summed E-state index contributed by atoms with van der Waals surface area (Å²) in [4.78, 5) is 40.8. The van der Waals surface area contributed by atoms with E-state index in [-0.39, 0.29) is 21.3 Å². The topological polar surface area (TPSA) is 108 Å². The molecule has 4 rings (SSSR count). The van der Waals surface area contributed by atoms with E-state index in [1.54, 1.807) is 0 Å². The predicted octanol–water partition coefficient (Wildman–Crippen LogP) is 2.98. The summed E-state index contributed by atoms with van der Waals surface area (Å²) in [5.41, 5.74) is 1.75. The highest BCUT2D eigenvalue weighted by Gasteiger charge is 2.30. The fourth-order valence-corrected chi connectivity index (χ4v) is 4.82. The highest BCUT2D eigenvalue weighted by atomic mass is 32.1. The molecule has 33 heavy (non-hydrogen) atoms. The molecule has 3 heterocycles. The van der Waals surface area contributed by atoms with Gasteiger partial charge < -0.3 is 9.80 Å². The molecule has 9 nitrogen and oxygen atoms in total. The van der Waals surface area contributed by atoms with Crippen LogP contribution in [0.25, 0.3) is 6.08 Å². The van der Waals surface area contributed by atoms with E-state index in [1.807, 2.05) is 6.07 Å². The minimum atomic E-state index is -0.612. The first-order chi connectivity index (χ1) is 15.7. The third-order valence-corrected chi connectivity index (χ3v) is 7.02. The monoisotopic (exact) mass is 471 g/mol. The van der Waals surface area contributed by atoms with Crippen molar-refractivity contribution in [1.82, 2.24) is 10.6 Å². The van der Waals surface area contributed by atoms with Gasteiger partial charge in [-0.3, -0.25) is 30.3 Å². The van der Waals surface area contributed by atoms with Gasteiger partial charge in [0.25, 0.3) is 17.5 Å². The molecule has 0 aliphatic carbocycles. The number of nitro benzene ring substituents is 1. The van der Waals surface area contributed by atoms with Gasteiger partial charge in [-0.15, -0.1) is 0 Å². The Kier molecular flexibility index (Phi) is 6.64. The summed E-state index contributed by atoms with van der Waals surface area (Å²) in [5, 5.41) is 16.8. The Morgan fingerprint density at radius 1 is 0.939 bits per heavy atom. The summed E-state index contributed by atoms with van der Waals surface area (Å²) in [6.45, 7) is 7.58. The van der Waals surface area contributed by atoms with Crippen LogP contribution in [0.1, 0.15) is 45.1 Å². The van der Waals surface area contributed by atoms with Crippen molar-refractivity contribution in [3.8, 4) is 0 Å². The molecule has 1 aromatic rings. The Labute approximate surface area is 198 Å². The Morgan fingerprint density at radius 3 is 1.91 bits per heavy atom. The number of rotatable bonds is 4. The quantitative estimate of drug-likeness (QED) is 0.229. The largest absolute Gasteiger partial charge is 0.371 e. The smallest absolute Gasteiger partial charge is 0.293 e. The van der Waals surface area contributed by atoms with E-state index < -0.39 is 11.8 Å². The highest BCUT2D eigenvalue weighted by Crippen LogP contribution is 2.39. The molecule has 0 spiro atoms. The third-order valence-electron chi connectivity index (χ3n) is 6.81. The zero-order chi connectivity index (χ0) is 23.7. The molecule has 10 heteroatoms. The van der Waals surface area contributed by atoms with Crippen LogP contribution in [0.15, 0.2) is 17.7 Å². The summed E-state index contributed by atoms with van der Waals surface area (Å²) < 4.78 is 0. The lowest BCUT2D eigenvalue weighted by atomic mass is 9.95.